The normalized spacial score (nSPS) is 10.1. The zero-order valence-corrected chi connectivity index (χ0v) is 12.6. The monoisotopic (exact) mass is 331 g/mol. The van der Waals surface area contributed by atoms with Crippen molar-refractivity contribution in [3.8, 4) is 0 Å². The van der Waals surface area contributed by atoms with Gasteiger partial charge in [-0.3, -0.25) is 9.59 Å². The standard InChI is InChI=1S/C16H14BrNO2/c1-11-7-8-14(17)13(9-11)16(20)18-10-15(19)12-5-3-2-4-6-12/h2-9H,10H2,1H3,(H,18,20). The highest BCUT2D eigenvalue weighted by molar-refractivity contribution is 9.10. The first kappa shape index (κ1) is 14.5. The van der Waals surface area contributed by atoms with Crippen LogP contribution in [0.3, 0.4) is 0 Å². The fourth-order valence-corrected chi connectivity index (χ4v) is 2.22. The second kappa shape index (κ2) is 6.48. The molecule has 0 aliphatic heterocycles. The lowest BCUT2D eigenvalue weighted by atomic mass is 10.1. The van der Waals surface area contributed by atoms with Crippen molar-refractivity contribution in [3.05, 3.63) is 69.7 Å². The number of rotatable bonds is 4. The van der Waals surface area contributed by atoms with Crippen LogP contribution >= 0.6 is 15.9 Å². The number of carbonyl (C=O) groups excluding carboxylic acids is 2. The summed E-state index contributed by atoms with van der Waals surface area (Å²) in [5.41, 5.74) is 2.12. The van der Waals surface area contributed by atoms with E-state index < -0.39 is 0 Å². The average Bonchev–Trinajstić information content (AvgIpc) is 2.47. The first-order valence-electron chi connectivity index (χ1n) is 6.20. The first-order valence-corrected chi connectivity index (χ1v) is 7.00. The topological polar surface area (TPSA) is 46.2 Å². The molecule has 0 aliphatic carbocycles. The van der Waals surface area contributed by atoms with E-state index in [-0.39, 0.29) is 18.2 Å². The van der Waals surface area contributed by atoms with Crippen molar-refractivity contribution in [1.29, 1.82) is 0 Å². The molecule has 1 amide bonds. The third-order valence-electron chi connectivity index (χ3n) is 2.87. The number of aryl methyl sites for hydroxylation is 1. The van der Waals surface area contributed by atoms with Crippen LogP contribution in [0.2, 0.25) is 0 Å². The Kier molecular flexibility index (Phi) is 4.69. The van der Waals surface area contributed by atoms with Gasteiger partial charge < -0.3 is 5.32 Å². The van der Waals surface area contributed by atoms with Gasteiger partial charge in [-0.05, 0) is 35.0 Å². The van der Waals surface area contributed by atoms with Gasteiger partial charge in [0.15, 0.2) is 5.78 Å². The first-order chi connectivity index (χ1) is 9.58. The smallest absolute Gasteiger partial charge is 0.252 e. The molecule has 0 saturated heterocycles. The number of amides is 1. The maximum absolute atomic E-state index is 12.1. The average molecular weight is 332 g/mol. The van der Waals surface area contributed by atoms with Crippen LogP contribution in [-0.4, -0.2) is 18.2 Å². The van der Waals surface area contributed by atoms with Gasteiger partial charge >= 0.3 is 0 Å². The fourth-order valence-electron chi connectivity index (χ4n) is 1.80. The maximum atomic E-state index is 12.1. The Balaban J connectivity index is 2.02. The van der Waals surface area contributed by atoms with Gasteiger partial charge in [-0.2, -0.15) is 0 Å². The van der Waals surface area contributed by atoms with E-state index in [1.165, 1.54) is 0 Å². The largest absolute Gasteiger partial charge is 0.345 e. The SMILES string of the molecule is Cc1ccc(Br)c(C(=O)NCC(=O)c2ccccc2)c1. The Bertz CT molecular complexity index is 638. The lowest BCUT2D eigenvalue weighted by molar-refractivity contribution is 0.0903. The number of carbonyl (C=O) groups is 2. The second-order valence-corrected chi connectivity index (χ2v) is 5.31. The van der Waals surface area contributed by atoms with Crippen molar-refractivity contribution in [2.45, 2.75) is 6.92 Å². The quantitative estimate of drug-likeness (QED) is 0.873. The van der Waals surface area contributed by atoms with Gasteiger partial charge in [0.2, 0.25) is 0 Å². The van der Waals surface area contributed by atoms with Gasteiger partial charge in [0, 0.05) is 10.0 Å². The summed E-state index contributed by atoms with van der Waals surface area (Å²) in [7, 11) is 0. The predicted octanol–water partition coefficient (Wildman–Crippen LogP) is 3.37. The van der Waals surface area contributed by atoms with E-state index >= 15 is 0 Å². The summed E-state index contributed by atoms with van der Waals surface area (Å²) in [5, 5.41) is 2.65. The number of hydrogen-bond acceptors (Lipinski definition) is 2. The van der Waals surface area contributed by atoms with Gasteiger partial charge in [-0.1, -0.05) is 42.0 Å². The molecule has 102 valence electrons. The fraction of sp³-hybridized carbons (Fsp3) is 0.125. The van der Waals surface area contributed by atoms with Crippen LogP contribution in [0.1, 0.15) is 26.3 Å². The van der Waals surface area contributed by atoms with Crippen LogP contribution < -0.4 is 5.32 Å². The zero-order valence-electron chi connectivity index (χ0n) is 11.0. The van der Waals surface area contributed by atoms with Gasteiger partial charge in [-0.15, -0.1) is 0 Å². The third-order valence-corrected chi connectivity index (χ3v) is 3.56. The number of hydrogen-bond donors (Lipinski definition) is 1. The summed E-state index contributed by atoms with van der Waals surface area (Å²) < 4.78 is 0.716. The molecule has 0 radical (unpaired) electrons. The van der Waals surface area contributed by atoms with E-state index in [0.717, 1.165) is 5.56 Å². The van der Waals surface area contributed by atoms with Crippen LogP contribution in [0, 0.1) is 6.92 Å². The van der Waals surface area contributed by atoms with E-state index in [4.69, 9.17) is 0 Å². The molecule has 0 heterocycles. The minimum atomic E-state index is -0.259. The van der Waals surface area contributed by atoms with E-state index in [1.54, 1.807) is 30.3 Å². The third kappa shape index (κ3) is 3.54. The molecule has 0 atom stereocenters. The molecule has 2 rings (SSSR count). The summed E-state index contributed by atoms with van der Waals surface area (Å²) in [6.45, 7) is 1.90. The Morgan fingerprint density at radius 1 is 1.10 bits per heavy atom. The lowest BCUT2D eigenvalue weighted by Gasteiger charge is -2.07. The highest BCUT2D eigenvalue weighted by atomic mass is 79.9. The Labute approximate surface area is 126 Å². The van der Waals surface area contributed by atoms with Crippen LogP contribution in [0.15, 0.2) is 53.0 Å². The van der Waals surface area contributed by atoms with Crippen molar-refractivity contribution in [1.82, 2.24) is 5.32 Å². The van der Waals surface area contributed by atoms with E-state index in [2.05, 4.69) is 21.2 Å². The lowest BCUT2D eigenvalue weighted by Crippen LogP contribution is -2.29. The number of Topliss-reactive ketones (excluding diaryl/α,β-unsaturated/α-hetero) is 1. The van der Waals surface area contributed by atoms with Crippen molar-refractivity contribution in [2.24, 2.45) is 0 Å². The summed E-state index contributed by atoms with van der Waals surface area (Å²) in [6, 6.07) is 14.4. The minimum absolute atomic E-state index is 0.0107. The van der Waals surface area contributed by atoms with Gasteiger partial charge in [0.25, 0.3) is 5.91 Å². The number of halogens is 1. The Hall–Kier alpha value is -1.94. The summed E-state index contributed by atoms with van der Waals surface area (Å²) in [4.78, 5) is 24.0. The molecule has 0 aromatic heterocycles. The molecular weight excluding hydrogens is 318 g/mol. The van der Waals surface area contributed by atoms with Crippen molar-refractivity contribution < 1.29 is 9.59 Å². The van der Waals surface area contributed by atoms with E-state index in [1.807, 2.05) is 25.1 Å². The summed E-state index contributed by atoms with van der Waals surface area (Å²) in [6.07, 6.45) is 0. The molecular formula is C16H14BrNO2. The molecule has 20 heavy (non-hydrogen) atoms. The van der Waals surface area contributed by atoms with Crippen molar-refractivity contribution in [3.63, 3.8) is 0 Å². The molecule has 0 bridgehead atoms. The molecule has 0 spiro atoms. The number of nitrogens with one attached hydrogen (secondary N) is 1. The molecule has 0 saturated carbocycles. The van der Waals surface area contributed by atoms with Crippen LogP contribution in [0.25, 0.3) is 0 Å². The minimum Gasteiger partial charge on any atom is -0.345 e. The molecule has 0 aliphatic rings. The molecule has 0 fully saturated rings. The molecule has 3 nitrogen and oxygen atoms in total. The Morgan fingerprint density at radius 2 is 1.80 bits per heavy atom. The van der Waals surface area contributed by atoms with Crippen LogP contribution in [-0.2, 0) is 0 Å². The highest BCUT2D eigenvalue weighted by Crippen LogP contribution is 2.17. The number of benzene rings is 2. The van der Waals surface area contributed by atoms with Gasteiger partial charge in [0.1, 0.15) is 0 Å². The molecule has 0 unspecified atom stereocenters. The Morgan fingerprint density at radius 3 is 2.50 bits per heavy atom. The van der Waals surface area contributed by atoms with Crippen LogP contribution in [0.5, 0.6) is 0 Å². The van der Waals surface area contributed by atoms with Crippen molar-refractivity contribution >= 4 is 27.6 Å². The highest BCUT2D eigenvalue weighted by Gasteiger charge is 2.12. The van der Waals surface area contributed by atoms with Gasteiger partial charge in [-0.25, -0.2) is 0 Å². The predicted molar refractivity (Wildman–Crippen MR) is 82.0 cm³/mol. The van der Waals surface area contributed by atoms with Crippen molar-refractivity contribution in [2.75, 3.05) is 6.54 Å². The summed E-state index contributed by atoms with van der Waals surface area (Å²) in [5.74, 6) is -0.368. The summed E-state index contributed by atoms with van der Waals surface area (Å²) >= 11 is 3.34. The molecule has 4 heteroatoms. The zero-order chi connectivity index (χ0) is 14.5. The van der Waals surface area contributed by atoms with E-state index in [0.29, 0.717) is 15.6 Å². The van der Waals surface area contributed by atoms with E-state index in [9.17, 15) is 9.59 Å². The molecule has 2 aromatic rings. The number of ketones is 1. The molecule has 2 aromatic carbocycles. The second-order valence-electron chi connectivity index (χ2n) is 4.46. The van der Waals surface area contributed by atoms with Gasteiger partial charge in [0.05, 0.1) is 12.1 Å². The maximum Gasteiger partial charge on any atom is 0.252 e. The molecule has 1 N–H and O–H groups in total. The van der Waals surface area contributed by atoms with Crippen LogP contribution in [0.4, 0.5) is 0 Å².